The molecule has 0 aliphatic carbocycles. The van der Waals surface area contributed by atoms with Gasteiger partial charge in [-0.2, -0.15) is 0 Å². The molecule has 2 aromatic rings. The molecule has 1 heterocycles. The molecule has 0 spiro atoms. The number of cyclic esters (lactones) is 1. The number of carbonyl (C=O) groups excluding carboxylic acids is 2. The molecule has 1 saturated heterocycles. The number of ether oxygens (including phenoxy) is 2. The third-order valence-electron chi connectivity index (χ3n) is 4.21. The fourth-order valence-corrected chi connectivity index (χ4v) is 2.86. The monoisotopic (exact) mass is 337 g/mol. The highest BCUT2D eigenvalue weighted by molar-refractivity contribution is 6.14. The van der Waals surface area contributed by atoms with Gasteiger partial charge in [-0.1, -0.05) is 60.7 Å². The van der Waals surface area contributed by atoms with Crippen LogP contribution in [0.1, 0.15) is 24.0 Å². The predicted octanol–water partition coefficient (Wildman–Crippen LogP) is 2.77. The van der Waals surface area contributed by atoms with Crippen LogP contribution in [0.2, 0.25) is 0 Å². The fraction of sp³-hybridized carbons (Fsp3) is 0.250. The van der Waals surface area contributed by atoms with E-state index >= 15 is 0 Å². The summed E-state index contributed by atoms with van der Waals surface area (Å²) in [5.41, 5.74) is 1.16. The summed E-state index contributed by atoms with van der Waals surface area (Å²) in [7, 11) is 1.30. The maximum atomic E-state index is 12.4. The number of methoxy groups -OCH3 is 1. The van der Waals surface area contributed by atoms with Crippen LogP contribution in [0, 0.1) is 0 Å². The van der Waals surface area contributed by atoms with Crippen molar-refractivity contribution in [1.29, 1.82) is 0 Å². The van der Waals surface area contributed by atoms with Gasteiger partial charge in [0.2, 0.25) is 0 Å². The minimum absolute atomic E-state index is 0.133. The highest BCUT2D eigenvalue weighted by Crippen LogP contribution is 2.31. The van der Waals surface area contributed by atoms with E-state index in [0.29, 0.717) is 12.1 Å². The average molecular weight is 337 g/mol. The third-order valence-corrected chi connectivity index (χ3v) is 4.21. The van der Waals surface area contributed by atoms with E-state index in [9.17, 15) is 9.59 Å². The third kappa shape index (κ3) is 3.60. The Kier molecular flexibility index (Phi) is 4.93. The Hall–Kier alpha value is -2.95. The standard InChI is InChI=1S/C20H19NO4/c1-24-17(22)14-20(12-13-25-19(20)23)21-18(15-8-4-2-5-9-15)16-10-6-3-7-11-16/h2-11H,12-14H2,1H3. The SMILES string of the molecule is COC(=O)CC1(N=C(c2ccccc2)c2ccccc2)CCOC1=O. The lowest BCUT2D eigenvalue weighted by molar-refractivity contribution is -0.149. The maximum absolute atomic E-state index is 12.4. The summed E-state index contributed by atoms with van der Waals surface area (Å²) >= 11 is 0. The predicted molar refractivity (Wildman–Crippen MR) is 93.5 cm³/mol. The Morgan fingerprint density at radius 1 is 1.08 bits per heavy atom. The van der Waals surface area contributed by atoms with E-state index in [0.717, 1.165) is 11.1 Å². The average Bonchev–Trinajstić information content (AvgIpc) is 3.01. The van der Waals surface area contributed by atoms with Gasteiger partial charge >= 0.3 is 11.9 Å². The lowest BCUT2D eigenvalue weighted by atomic mass is 9.92. The van der Waals surface area contributed by atoms with Gasteiger partial charge < -0.3 is 9.47 Å². The molecule has 0 aromatic heterocycles. The highest BCUT2D eigenvalue weighted by atomic mass is 16.5. The maximum Gasteiger partial charge on any atom is 0.334 e. The molecule has 128 valence electrons. The highest BCUT2D eigenvalue weighted by Gasteiger charge is 2.47. The van der Waals surface area contributed by atoms with Crippen molar-refractivity contribution in [2.45, 2.75) is 18.4 Å². The van der Waals surface area contributed by atoms with E-state index < -0.39 is 17.5 Å². The summed E-state index contributed by atoms with van der Waals surface area (Å²) < 4.78 is 9.90. The van der Waals surface area contributed by atoms with Crippen LogP contribution in [-0.2, 0) is 19.1 Å². The number of hydrogen-bond acceptors (Lipinski definition) is 5. The number of carbonyl (C=O) groups is 2. The van der Waals surface area contributed by atoms with Gasteiger partial charge in [-0.15, -0.1) is 0 Å². The molecule has 1 aliphatic heterocycles. The minimum atomic E-state index is -1.24. The topological polar surface area (TPSA) is 65.0 Å². The van der Waals surface area contributed by atoms with Crippen molar-refractivity contribution in [3.05, 3.63) is 71.8 Å². The van der Waals surface area contributed by atoms with Gasteiger partial charge in [-0.05, 0) is 0 Å². The van der Waals surface area contributed by atoms with Crippen molar-refractivity contribution in [3.8, 4) is 0 Å². The number of hydrogen-bond donors (Lipinski definition) is 0. The Morgan fingerprint density at radius 2 is 1.64 bits per heavy atom. The van der Waals surface area contributed by atoms with Crippen molar-refractivity contribution >= 4 is 17.7 Å². The van der Waals surface area contributed by atoms with Crippen molar-refractivity contribution in [2.75, 3.05) is 13.7 Å². The van der Waals surface area contributed by atoms with E-state index in [1.54, 1.807) is 0 Å². The zero-order valence-electron chi connectivity index (χ0n) is 14.0. The van der Waals surface area contributed by atoms with E-state index in [1.807, 2.05) is 60.7 Å². The molecule has 5 heteroatoms. The molecule has 0 saturated carbocycles. The lowest BCUT2D eigenvalue weighted by Gasteiger charge is -2.21. The Morgan fingerprint density at radius 3 is 2.08 bits per heavy atom. The van der Waals surface area contributed by atoms with E-state index in [-0.39, 0.29) is 13.0 Å². The van der Waals surface area contributed by atoms with Crippen LogP contribution >= 0.6 is 0 Å². The molecule has 5 nitrogen and oxygen atoms in total. The van der Waals surface area contributed by atoms with Crippen molar-refractivity contribution in [3.63, 3.8) is 0 Å². The molecule has 3 rings (SSSR count). The first-order chi connectivity index (χ1) is 12.1. The van der Waals surface area contributed by atoms with Gasteiger partial charge in [-0.3, -0.25) is 9.79 Å². The summed E-state index contributed by atoms with van der Waals surface area (Å²) in [5.74, 6) is -0.967. The van der Waals surface area contributed by atoms with Gasteiger partial charge in [-0.25, -0.2) is 4.79 Å². The number of rotatable bonds is 5. The first kappa shape index (κ1) is 16.9. The molecule has 25 heavy (non-hydrogen) atoms. The van der Waals surface area contributed by atoms with Crippen LogP contribution in [0.4, 0.5) is 0 Å². The second-order valence-electron chi connectivity index (χ2n) is 5.86. The molecule has 0 N–H and O–H groups in total. The smallest absolute Gasteiger partial charge is 0.334 e. The first-order valence-electron chi connectivity index (χ1n) is 8.09. The van der Waals surface area contributed by atoms with Crippen molar-refractivity contribution < 1.29 is 19.1 Å². The lowest BCUT2D eigenvalue weighted by Crippen LogP contribution is -2.37. The molecule has 1 fully saturated rings. The Bertz CT molecular complexity index is 744. The molecule has 1 unspecified atom stereocenters. The number of esters is 2. The minimum Gasteiger partial charge on any atom is -0.469 e. The molecule has 1 aliphatic rings. The van der Waals surface area contributed by atoms with Gasteiger partial charge in [0.15, 0.2) is 5.54 Å². The van der Waals surface area contributed by atoms with Crippen LogP contribution in [-0.4, -0.2) is 36.9 Å². The van der Waals surface area contributed by atoms with E-state index in [2.05, 4.69) is 0 Å². The molecule has 0 amide bonds. The molecular weight excluding hydrogens is 318 g/mol. The molecule has 2 aromatic carbocycles. The molecule has 1 atom stereocenters. The largest absolute Gasteiger partial charge is 0.469 e. The molecular formula is C20H19NO4. The van der Waals surface area contributed by atoms with Crippen LogP contribution in [0.3, 0.4) is 0 Å². The van der Waals surface area contributed by atoms with Crippen molar-refractivity contribution in [1.82, 2.24) is 0 Å². The van der Waals surface area contributed by atoms with Crippen LogP contribution in [0.25, 0.3) is 0 Å². The van der Waals surface area contributed by atoms with Gasteiger partial charge in [0.05, 0.1) is 25.8 Å². The molecule has 0 radical (unpaired) electrons. The van der Waals surface area contributed by atoms with Gasteiger partial charge in [0, 0.05) is 17.5 Å². The fourth-order valence-electron chi connectivity index (χ4n) is 2.86. The second kappa shape index (κ2) is 7.30. The van der Waals surface area contributed by atoms with Crippen LogP contribution < -0.4 is 0 Å². The zero-order chi connectivity index (χ0) is 17.7. The normalized spacial score (nSPS) is 19.2. The van der Waals surface area contributed by atoms with Crippen LogP contribution in [0.15, 0.2) is 65.7 Å². The molecule has 0 bridgehead atoms. The number of nitrogens with zero attached hydrogens (tertiary/aromatic N) is 1. The van der Waals surface area contributed by atoms with E-state index in [4.69, 9.17) is 14.5 Å². The summed E-state index contributed by atoms with van der Waals surface area (Å²) in [6, 6.07) is 19.2. The zero-order valence-corrected chi connectivity index (χ0v) is 14.0. The van der Waals surface area contributed by atoms with Crippen LogP contribution in [0.5, 0.6) is 0 Å². The van der Waals surface area contributed by atoms with Crippen molar-refractivity contribution in [2.24, 2.45) is 4.99 Å². The second-order valence-corrected chi connectivity index (χ2v) is 5.86. The quantitative estimate of drug-likeness (QED) is 0.622. The first-order valence-corrected chi connectivity index (χ1v) is 8.09. The number of aliphatic imine (C=N–C) groups is 1. The van der Waals surface area contributed by atoms with E-state index in [1.165, 1.54) is 7.11 Å². The summed E-state index contributed by atoms with van der Waals surface area (Å²) in [5, 5.41) is 0. The Balaban J connectivity index is 2.13. The summed E-state index contributed by atoms with van der Waals surface area (Å²) in [6.07, 6.45) is 0.218. The summed E-state index contributed by atoms with van der Waals surface area (Å²) in [6.45, 7) is 0.246. The van der Waals surface area contributed by atoms with Gasteiger partial charge in [0.1, 0.15) is 0 Å². The summed E-state index contributed by atoms with van der Waals surface area (Å²) in [4.78, 5) is 29.0. The Labute approximate surface area is 146 Å². The number of benzene rings is 2. The van der Waals surface area contributed by atoms with Gasteiger partial charge in [0.25, 0.3) is 0 Å².